The van der Waals surface area contributed by atoms with Gasteiger partial charge in [-0.25, -0.2) is 4.39 Å². The topological polar surface area (TPSA) is 39.4 Å². The Morgan fingerprint density at radius 2 is 1.87 bits per heavy atom. The zero-order valence-corrected chi connectivity index (χ0v) is 13.2. The van der Waals surface area contributed by atoms with Crippen LogP contribution in [0.2, 0.25) is 0 Å². The maximum atomic E-state index is 13.3. The lowest BCUT2D eigenvalue weighted by atomic mass is 9.99. The van der Waals surface area contributed by atoms with Gasteiger partial charge in [0.05, 0.1) is 12.5 Å². The molecule has 4 heteroatoms. The number of hydrogen-bond donors (Lipinski definition) is 0. The molecule has 0 N–H and O–H groups in total. The first-order valence-corrected chi connectivity index (χ1v) is 7.41. The molecule has 0 fully saturated rings. The summed E-state index contributed by atoms with van der Waals surface area (Å²) in [5, 5.41) is 0.236. The van der Waals surface area contributed by atoms with Crippen LogP contribution in [-0.4, -0.2) is 7.11 Å². The fraction of sp³-hybridized carbons (Fsp3) is 0.211. The number of hydrogen-bond acceptors (Lipinski definition) is 3. The van der Waals surface area contributed by atoms with Crippen molar-refractivity contribution in [3.8, 4) is 17.1 Å². The van der Waals surface area contributed by atoms with Gasteiger partial charge in [-0.15, -0.1) is 0 Å². The fourth-order valence-electron chi connectivity index (χ4n) is 2.61. The van der Waals surface area contributed by atoms with E-state index >= 15 is 0 Å². The van der Waals surface area contributed by atoms with Crippen LogP contribution in [0.1, 0.15) is 25.3 Å². The SMILES string of the molecule is COc1cc(-c2cc(=O)c3cc(F)ccc3o2)ccc1C(C)C. The first-order chi connectivity index (χ1) is 11.0. The van der Waals surface area contributed by atoms with Crippen molar-refractivity contribution in [2.45, 2.75) is 19.8 Å². The monoisotopic (exact) mass is 312 g/mol. The third kappa shape index (κ3) is 2.84. The van der Waals surface area contributed by atoms with E-state index < -0.39 is 5.82 Å². The summed E-state index contributed by atoms with van der Waals surface area (Å²) in [6.45, 7) is 4.17. The minimum absolute atomic E-state index is 0.236. The van der Waals surface area contributed by atoms with Crippen molar-refractivity contribution in [1.82, 2.24) is 0 Å². The lowest BCUT2D eigenvalue weighted by molar-refractivity contribution is 0.407. The molecule has 1 heterocycles. The molecule has 0 aliphatic heterocycles. The van der Waals surface area contributed by atoms with Gasteiger partial charge in [-0.2, -0.15) is 0 Å². The Hall–Kier alpha value is -2.62. The Morgan fingerprint density at radius 3 is 2.57 bits per heavy atom. The molecule has 0 bridgehead atoms. The van der Waals surface area contributed by atoms with Crippen LogP contribution >= 0.6 is 0 Å². The second kappa shape index (κ2) is 5.88. The molecule has 0 amide bonds. The van der Waals surface area contributed by atoms with E-state index in [-0.39, 0.29) is 10.8 Å². The first-order valence-electron chi connectivity index (χ1n) is 7.41. The molecule has 3 rings (SSSR count). The van der Waals surface area contributed by atoms with Gasteiger partial charge in [0.15, 0.2) is 5.43 Å². The van der Waals surface area contributed by atoms with E-state index in [9.17, 15) is 9.18 Å². The summed E-state index contributed by atoms with van der Waals surface area (Å²) in [6, 6.07) is 11.0. The Kier molecular flexibility index (Phi) is 3.90. The minimum atomic E-state index is -0.458. The molecular formula is C19H17FO3. The number of fused-ring (bicyclic) bond motifs is 1. The summed E-state index contributed by atoms with van der Waals surface area (Å²) in [6.07, 6.45) is 0. The summed E-state index contributed by atoms with van der Waals surface area (Å²) in [5.74, 6) is 1.05. The number of methoxy groups -OCH3 is 1. The van der Waals surface area contributed by atoms with E-state index in [1.54, 1.807) is 7.11 Å². The Balaban J connectivity index is 2.17. The third-order valence-electron chi connectivity index (χ3n) is 3.83. The van der Waals surface area contributed by atoms with Crippen LogP contribution in [0.15, 0.2) is 51.7 Å². The number of benzene rings is 2. The molecule has 0 saturated carbocycles. The molecule has 2 aromatic carbocycles. The summed E-state index contributed by atoms with van der Waals surface area (Å²) in [4.78, 5) is 12.2. The standard InChI is InChI=1S/C19H17FO3/c1-11(2)14-6-4-12(8-19(14)22-3)18-10-16(21)15-9-13(20)5-7-17(15)23-18/h4-11H,1-3H3. The number of ether oxygens (including phenoxy) is 1. The Bertz CT molecular complexity index is 926. The van der Waals surface area contributed by atoms with Crippen LogP contribution < -0.4 is 10.2 Å². The largest absolute Gasteiger partial charge is 0.496 e. The van der Waals surface area contributed by atoms with Gasteiger partial charge in [0.25, 0.3) is 0 Å². The molecule has 3 nitrogen and oxygen atoms in total. The molecule has 118 valence electrons. The van der Waals surface area contributed by atoms with Gasteiger partial charge in [0.2, 0.25) is 0 Å². The molecule has 3 aromatic rings. The molecule has 0 aliphatic rings. The van der Waals surface area contributed by atoms with Crippen molar-refractivity contribution in [3.63, 3.8) is 0 Å². The van der Waals surface area contributed by atoms with Crippen LogP contribution in [-0.2, 0) is 0 Å². The predicted molar refractivity (Wildman–Crippen MR) is 88.5 cm³/mol. The highest BCUT2D eigenvalue weighted by molar-refractivity contribution is 5.78. The minimum Gasteiger partial charge on any atom is -0.496 e. The quantitative estimate of drug-likeness (QED) is 0.702. The average molecular weight is 312 g/mol. The maximum Gasteiger partial charge on any atom is 0.193 e. The highest BCUT2D eigenvalue weighted by atomic mass is 19.1. The van der Waals surface area contributed by atoms with E-state index in [1.165, 1.54) is 24.3 Å². The molecule has 0 aliphatic carbocycles. The normalized spacial score (nSPS) is 11.2. The van der Waals surface area contributed by atoms with Gasteiger partial charge in [0.1, 0.15) is 22.9 Å². The van der Waals surface area contributed by atoms with E-state index in [4.69, 9.17) is 9.15 Å². The predicted octanol–water partition coefficient (Wildman–Crippen LogP) is 4.73. The van der Waals surface area contributed by atoms with Crippen molar-refractivity contribution < 1.29 is 13.5 Å². The Morgan fingerprint density at radius 1 is 1.09 bits per heavy atom. The highest BCUT2D eigenvalue weighted by Crippen LogP contribution is 2.32. The van der Waals surface area contributed by atoms with Crippen molar-refractivity contribution in [2.75, 3.05) is 7.11 Å². The average Bonchev–Trinajstić information content (AvgIpc) is 2.54. The van der Waals surface area contributed by atoms with Crippen molar-refractivity contribution in [1.29, 1.82) is 0 Å². The maximum absolute atomic E-state index is 13.3. The lowest BCUT2D eigenvalue weighted by Gasteiger charge is -2.13. The third-order valence-corrected chi connectivity index (χ3v) is 3.83. The van der Waals surface area contributed by atoms with Crippen molar-refractivity contribution in [2.24, 2.45) is 0 Å². The summed E-state index contributed by atoms with van der Waals surface area (Å²) in [5.41, 5.74) is 1.92. The molecule has 0 spiro atoms. The molecule has 0 saturated heterocycles. The summed E-state index contributed by atoms with van der Waals surface area (Å²) < 4.78 is 24.5. The van der Waals surface area contributed by atoms with Crippen LogP contribution in [0, 0.1) is 5.82 Å². The zero-order valence-electron chi connectivity index (χ0n) is 13.2. The van der Waals surface area contributed by atoms with Gasteiger partial charge >= 0.3 is 0 Å². The van der Waals surface area contributed by atoms with Gasteiger partial charge < -0.3 is 9.15 Å². The van der Waals surface area contributed by atoms with Gasteiger partial charge in [-0.1, -0.05) is 26.0 Å². The summed E-state index contributed by atoms with van der Waals surface area (Å²) >= 11 is 0. The second-order valence-corrected chi connectivity index (χ2v) is 5.73. The highest BCUT2D eigenvalue weighted by Gasteiger charge is 2.12. The van der Waals surface area contributed by atoms with E-state index in [0.717, 1.165) is 16.9 Å². The van der Waals surface area contributed by atoms with Gasteiger partial charge in [0, 0.05) is 11.6 Å². The lowest BCUT2D eigenvalue weighted by Crippen LogP contribution is -2.01. The molecule has 1 aromatic heterocycles. The van der Waals surface area contributed by atoms with Crippen molar-refractivity contribution >= 4 is 11.0 Å². The van der Waals surface area contributed by atoms with Crippen LogP contribution in [0.25, 0.3) is 22.3 Å². The molecule has 0 atom stereocenters. The smallest absolute Gasteiger partial charge is 0.193 e. The summed E-state index contributed by atoms with van der Waals surface area (Å²) in [7, 11) is 1.62. The Labute approximate surface area is 133 Å². The molecule has 0 unspecified atom stereocenters. The van der Waals surface area contributed by atoms with E-state index in [2.05, 4.69) is 13.8 Å². The van der Waals surface area contributed by atoms with Crippen LogP contribution in [0.5, 0.6) is 5.75 Å². The second-order valence-electron chi connectivity index (χ2n) is 5.73. The van der Waals surface area contributed by atoms with Crippen LogP contribution in [0.3, 0.4) is 0 Å². The van der Waals surface area contributed by atoms with E-state index in [0.29, 0.717) is 17.3 Å². The number of rotatable bonds is 3. The van der Waals surface area contributed by atoms with Crippen LogP contribution in [0.4, 0.5) is 4.39 Å². The molecule has 23 heavy (non-hydrogen) atoms. The van der Waals surface area contributed by atoms with Gasteiger partial charge in [-0.3, -0.25) is 4.79 Å². The fourth-order valence-corrected chi connectivity index (χ4v) is 2.61. The molecule has 0 radical (unpaired) electrons. The number of halogens is 1. The van der Waals surface area contributed by atoms with Crippen molar-refractivity contribution in [3.05, 3.63) is 64.1 Å². The molecular weight excluding hydrogens is 295 g/mol. The first kappa shape index (κ1) is 15.3. The zero-order chi connectivity index (χ0) is 16.6. The van der Waals surface area contributed by atoms with E-state index in [1.807, 2.05) is 18.2 Å². The van der Waals surface area contributed by atoms with Gasteiger partial charge in [-0.05, 0) is 35.7 Å².